The van der Waals surface area contributed by atoms with Gasteiger partial charge in [-0.3, -0.25) is 0 Å². The summed E-state index contributed by atoms with van der Waals surface area (Å²) in [5, 5.41) is 8.68. The average Bonchev–Trinajstić information content (AvgIpc) is 2.74. The standard InChI is InChI=1S/C12H13FN2/c13-11-4-3-5-12(10(11)6-7-14)15-8-1-2-9-15/h3-5H,1-2,6,8-9H2. The maximum absolute atomic E-state index is 13.5. The van der Waals surface area contributed by atoms with Gasteiger partial charge in [0.25, 0.3) is 0 Å². The molecule has 3 heteroatoms. The monoisotopic (exact) mass is 204 g/mol. The van der Waals surface area contributed by atoms with Crippen molar-refractivity contribution >= 4 is 5.69 Å². The van der Waals surface area contributed by atoms with Crippen molar-refractivity contribution in [3.8, 4) is 6.07 Å². The number of benzene rings is 1. The summed E-state index contributed by atoms with van der Waals surface area (Å²) >= 11 is 0. The topological polar surface area (TPSA) is 27.0 Å². The molecule has 0 N–H and O–H groups in total. The van der Waals surface area contributed by atoms with E-state index in [1.807, 2.05) is 12.1 Å². The Morgan fingerprint density at radius 3 is 2.73 bits per heavy atom. The van der Waals surface area contributed by atoms with Gasteiger partial charge in [0.2, 0.25) is 0 Å². The van der Waals surface area contributed by atoms with Crippen LogP contribution >= 0.6 is 0 Å². The molecule has 0 saturated carbocycles. The molecule has 0 radical (unpaired) electrons. The number of anilines is 1. The molecule has 1 aromatic carbocycles. The van der Waals surface area contributed by atoms with Crippen molar-refractivity contribution in [2.75, 3.05) is 18.0 Å². The van der Waals surface area contributed by atoms with E-state index >= 15 is 0 Å². The molecule has 0 aliphatic carbocycles. The fraction of sp³-hybridized carbons (Fsp3) is 0.417. The lowest BCUT2D eigenvalue weighted by Gasteiger charge is -2.20. The predicted octanol–water partition coefficient (Wildman–Crippen LogP) is 2.49. The van der Waals surface area contributed by atoms with Crippen molar-refractivity contribution in [2.24, 2.45) is 0 Å². The zero-order valence-corrected chi connectivity index (χ0v) is 8.54. The van der Waals surface area contributed by atoms with Crippen molar-refractivity contribution in [3.05, 3.63) is 29.6 Å². The number of nitriles is 1. The largest absolute Gasteiger partial charge is 0.371 e. The van der Waals surface area contributed by atoms with Crippen LogP contribution in [-0.4, -0.2) is 13.1 Å². The van der Waals surface area contributed by atoms with Crippen LogP contribution in [0.5, 0.6) is 0 Å². The highest BCUT2D eigenvalue weighted by Crippen LogP contribution is 2.26. The summed E-state index contributed by atoms with van der Waals surface area (Å²) in [6.07, 6.45) is 2.46. The van der Waals surface area contributed by atoms with Crippen LogP contribution in [0.1, 0.15) is 18.4 Å². The van der Waals surface area contributed by atoms with Crippen molar-refractivity contribution in [1.29, 1.82) is 5.26 Å². The Bertz CT molecular complexity index is 389. The number of nitrogens with zero attached hydrogens (tertiary/aromatic N) is 2. The molecule has 2 rings (SSSR count). The number of halogens is 1. The highest BCUT2D eigenvalue weighted by Gasteiger charge is 2.17. The Labute approximate surface area is 88.9 Å². The quantitative estimate of drug-likeness (QED) is 0.740. The Balaban J connectivity index is 2.36. The van der Waals surface area contributed by atoms with Crippen LogP contribution in [0.15, 0.2) is 18.2 Å². The normalized spacial score (nSPS) is 15.3. The van der Waals surface area contributed by atoms with Crippen LogP contribution in [0.25, 0.3) is 0 Å². The Morgan fingerprint density at radius 1 is 1.33 bits per heavy atom. The van der Waals surface area contributed by atoms with E-state index in [4.69, 9.17) is 5.26 Å². The molecule has 0 bridgehead atoms. The third-order valence-electron chi connectivity index (χ3n) is 2.80. The first kappa shape index (κ1) is 9.97. The lowest BCUT2D eigenvalue weighted by Crippen LogP contribution is -2.19. The van der Waals surface area contributed by atoms with Gasteiger partial charge in [0.15, 0.2) is 0 Å². The second-order valence-electron chi connectivity index (χ2n) is 3.77. The van der Waals surface area contributed by atoms with E-state index in [2.05, 4.69) is 4.90 Å². The van der Waals surface area contributed by atoms with Gasteiger partial charge in [0.05, 0.1) is 12.5 Å². The molecule has 0 spiro atoms. The average molecular weight is 204 g/mol. The van der Waals surface area contributed by atoms with Crippen molar-refractivity contribution < 1.29 is 4.39 Å². The SMILES string of the molecule is N#CCc1c(F)cccc1N1CCCC1. The Kier molecular flexibility index (Phi) is 2.86. The molecule has 2 nitrogen and oxygen atoms in total. The predicted molar refractivity (Wildman–Crippen MR) is 57.2 cm³/mol. The smallest absolute Gasteiger partial charge is 0.129 e. The molecule has 1 aromatic rings. The first-order valence-electron chi connectivity index (χ1n) is 5.22. The zero-order valence-electron chi connectivity index (χ0n) is 8.54. The highest BCUT2D eigenvalue weighted by molar-refractivity contribution is 5.55. The van der Waals surface area contributed by atoms with Crippen LogP contribution in [0.2, 0.25) is 0 Å². The van der Waals surface area contributed by atoms with Crippen LogP contribution in [0, 0.1) is 17.1 Å². The van der Waals surface area contributed by atoms with Crippen molar-refractivity contribution in [2.45, 2.75) is 19.3 Å². The van der Waals surface area contributed by atoms with Gasteiger partial charge in [0, 0.05) is 24.3 Å². The molecule has 1 heterocycles. The van der Waals surface area contributed by atoms with Gasteiger partial charge in [-0.25, -0.2) is 4.39 Å². The second-order valence-corrected chi connectivity index (χ2v) is 3.77. The van der Waals surface area contributed by atoms with Crippen molar-refractivity contribution in [1.82, 2.24) is 0 Å². The van der Waals surface area contributed by atoms with E-state index < -0.39 is 0 Å². The zero-order chi connectivity index (χ0) is 10.7. The minimum atomic E-state index is -0.263. The third-order valence-corrected chi connectivity index (χ3v) is 2.80. The van der Waals surface area contributed by atoms with Gasteiger partial charge in [-0.1, -0.05) is 6.07 Å². The van der Waals surface area contributed by atoms with Gasteiger partial charge in [-0.2, -0.15) is 5.26 Å². The van der Waals surface area contributed by atoms with E-state index in [0.29, 0.717) is 5.56 Å². The van der Waals surface area contributed by atoms with Gasteiger partial charge >= 0.3 is 0 Å². The lowest BCUT2D eigenvalue weighted by atomic mass is 10.1. The summed E-state index contributed by atoms with van der Waals surface area (Å²) in [7, 11) is 0. The maximum Gasteiger partial charge on any atom is 0.129 e. The first-order valence-corrected chi connectivity index (χ1v) is 5.22. The number of hydrogen-bond acceptors (Lipinski definition) is 2. The van der Waals surface area contributed by atoms with Crippen LogP contribution in [-0.2, 0) is 6.42 Å². The fourth-order valence-corrected chi connectivity index (χ4v) is 2.06. The van der Waals surface area contributed by atoms with Gasteiger partial charge in [0.1, 0.15) is 5.82 Å². The van der Waals surface area contributed by atoms with Crippen molar-refractivity contribution in [3.63, 3.8) is 0 Å². The lowest BCUT2D eigenvalue weighted by molar-refractivity contribution is 0.614. The summed E-state index contributed by atoms with van der Waals surface area (Å²) < 4.78 is 13.5. The van der Waals surface area contributed by atoms with Gasteiger partial charge < -0.3 is 4.90 Å². The van der Waals surface area contributed by atoms with Gasteiger partial charge in [-0.05, 0) is 25.0 Å². The Hall–Kier alpha value is -1.56. The van der Waals surface area contributed by atoms with E-state index in [1.54, 1.807) is 6.07 Å². The molecule has 1 aliphatic heterocycles. The second kappa shape index (κ2) is 4.31. The minimum absolute atomic E-state index is 0.151. The third kappa shape index (κ3) is 1.94. The molecular weight excluding hydrogens is 191 g/mol. The molecule has 0 aromatic heterocycles. The Morgan fingerprint density at radius 2 is 2.07 bits per heavy atom. The number of hydrogen-bond donors (Lipinski definition) is 0. The van der Waals surface area contributed by atoms with Crippen LogP contribution in [0.4, 0.5) is 10.1 Å². The van der Waals surface area contributed by atoms with E-state index in [1.165, 1.54) is 6.07 Å². The van der Waals surface area contributed by atoms with Crippen LogP contribution < -0.4 is 4.90 Å². The molecule has 1 aliphatic rings. The maximum atomic E-state index is 13.5. The summed E-state index contributed by atoms with van der Waals surface area (Å²) in [5.41, 5.74) is 1.44. The van der Waals surface area contributed by atoms with Gasteiger partial charge in [-0.15, -0.1) is 0 Å². The first-order chi connectivity index (χ1) is 7.33. The molecule has 78 valence electrons. The molecular formula is C12H13FN2. The molecule has 0 unspecified atom stereocenters. The summed E-state index contributed by atoms with van der Waals surface area (Å²) in [6, 6.07) is 7.06. The fourth-order valence-electron chi connectivity index (χ4n) is 2.06. The highest BCUT2D eigenvalue weighted by atomic mass is 19.1. The van der Waals surface area contributed by atoms with E-state index in [9.17, 15) is 4.39 Å². The molecule has 1 fully saturated rings. The summed E-state index contributed by atoms with van der Waals surface area (Å²) in [5.74, 6) is -0.263. The summed E-state index contributed by atoms with van der Waals surface area (Å²) in [4.78, 5) is 2.16. The van der Waals surface area contributed by atoms with E-state index in [0.717, 1.165) is 31.6 Å². The minimum Gasteiger partial charge on any atom is -0.371 e. The van der Waals surface area contributed by atoms with E-state index in [-0.39, 0.29) is 12.2 Å². The summed E-state index contributed by atoms with van der Waals surface area (Å²) in [6.45, 7) is 1.95. The van der Waals surface area contributed by atoms with Crippen LogP contribution in [0.3, 0.4) is 0 Å². The molecule has 1 saturated heterocycles. The molecule has 0 amide bonds. The molecule has 15 heavy (non-hydrogen) atoms. The number of rotatable bonds is 2. The molecule has 0 atom stereocenters.